The molecule has 0 amide bonds. The largest absolute Gasteiger partial charge is 0.342 e. The van der Waals surface area contributed by atoms with Gasteiger partial charge in [0, 0.05) is 17.4 Å². The van der Waals surface area contributed by atoms with Crippen molar-refractivity contribution in [3.05, 3.63) is 83.3 Å². The first-order valence-electron chi connectivity index (χ1n) is 12.4. The van der Waals surface area contributed by atoms with Crippen molar-refractivity contribution in [2.75, 3.05) is 0 Å². The van der Waals surface area contributed by atoms with Gasteiger partial charge < -0.3 is 9.97 Å². The average Bonchev–Trinajstić information content (AvgIpc) is 3.51. The number of nitrogens with zero attached hydrogens (tertiary/aromatic N) is 2. The van der Waals surface area contributed by atoms with Gasteiger partial charge in [-0.1, -0.05) is 58.0 Å². The third kappa shape index (κ3) is 3.66. The van der Waals surface area contributed by atoms with E-state index in [1.165, 1.54) is 22.3 Å². The maximum Gasteiger partial charge on any atom is 0.133 e. The number of fused-ring (bicyclic) bond motifs is 5. The van der Waals surface area contributed by atoms with Crippen LogP contribution in [0, 0.1) is 5.82 Å². The monoisotopic (exact) mass is 464 g/mol. The molecule has 5 heteroatoms. The highest BCUT2D eigenvalue weighted by Gasteiger charge is 2.21. The highest BCUT2D eigenvalue weighted by molar-refractivity contribution is 5.90. The number of H-pyrrole nitrogens is 2. The highest BCUT2D eigenvalue weighted by atomic mass is 19.1. The van der Waals surface area contributed by atoms with Crippen LogP contribution in [-0.2, 0) is 12.8 Å². The van der Waals surface area contributed by atoms with E-state index in [2.05, 4.69) is 73.0 Å². The lowest BCUT2D eigenvalue weighted by Gasteiger charge is -2.21. The minimum atomic E-state index is -0.244. The van der Waals surface area contributed by atoms with Gasteiger partial charge in [-0.3, -0.25) is 0 Å². The van der Waals surface area contributed by atoms with E-state index in [4.69, 9.17) is 4.98 Å². The molecule has 0 spiro atoms. The van der Waals surface area contributed by atoms with Crippen LogP contribution in [0.25, 0.3) is 44.5 Å². The van der Waals surface area contributed by atoms with Crippen LogP contribution < -0.4 is 0 Å². The van der Waals surface area contributed by atoms with E-state index < -0.39 is 0 Å². The number of aromatic amines is 2. The van der Waals surface area contributed by atoms with E-state index in [1.807, 2.05) is 12.1 Å². The number of imidazole rings is 2. The van der Waals surface area contributed by atoms with Crippen molar-refractivity contribution in [1.29, 1.82) is 0 Å². The van der Waals surface area contributed by atoms with Gasteiger partial charge in [-0.05, 0) is 64.4 Å². The smallest absolute Gasteiger partial charge is 0.133 e. The number of nitrogens with one attached hydrogen (secondary N) is 2. The van der Waals surface area contributed by atoms with Gasteiger partial charge in [-0.25, -0.2) is 14.4 Å². The molecule has 0 atom stereocenters. The summed E-state index contributed by atoms with van der Waals surface area (Å²) in [4.78, 5) is 16.0. The molecule has 0 aliphatic heterocycles. The van der Waals surface area contributed by atoms with Crippen LogP contribution in [0.15, 0.2) is 54.7 Å². The van der Waals surface area contributed by atoms with Crippen molar-refractivity contribution >= 4 is 11.0 Å². The van der Waals surface area contributed by atoms with Gasteiger partial charge in [-0.15, -0.1) is 0 Å². The fourth-order valence-electron chi connectivity index (χ4n) is 5.11. The summed E-state index contributed by atoms with van der Waals surface area (Å²) in [7, 11) is 0. The molecular formula is C30H29FN4. The molecule has 6 rings (SSSR count). The van der Waals surface area contributed by atoms with Gasteiger partial charge in [0.15, 0.2) is 0 Å². The maximum atomic E-state index is 15.1. The van der Waals surface area contributed by atoms with Crippen LogP contribution >= 0.6 is 0 Å². The summed E-state index contributed by atoms with van der Waals surface area (Å²) in [5.74, 6) is 2.30. The summed E-state index contributed by atoms with van der Waals surface area (Å²) in [6.07, 6.45) is 3.62. The first-order valence-corrected chi connectivity index (χ1v) is 12.4. The van der Waals surface area contributed by atoms with Crippen molar-refractivity contribution < 1.29 is 4.39 Å². The van der Waals surface area contributed by atoms with E-state index in [0.717, 1.165) is 46.7 Å². The molecule has 3 aromatic carbocycles. The Morgan fingerprint density at radius 1 is 0.771 bits per heavy atom. The number of hydrogen-bond donors (Lipinski definition) is 2. The Bertz CT molecular complexity index is 1570. The van der Waals surface area contributed by atoms with Crippen LogP contribution in [-0.4, -0.2) is 19.9 Å². The Labute approximate surface area is 204 Å². The third-order valence-corrected chi connectivity index (χ3v) is 7.10. The summed E-state index contributed by atoms with van der Waals surface area (Å²) in [6, 6.07) is 16.3. The van der Waals surface area contributed by atoms with E-state index >= 15 is 4.39 Å². The molecule has 2 N–H and O–H groups in total. The summed E-state index contributed by atoms with van der Waals surface area (Å²) in [6.45, 7) is 8.45. The zero-order valence-corrected chi connectivity index (χ0v) is 20.5. The van der Waals surface area contributed by atoms with Crippen LogP contribution in [0.2, 0.25) is 0 Å². The molecule has 1 aliphatic carbocycles. The summed E-state index contributed by atoms with van der Waals surface area (Å²) in [5, 5.41) is 0. The third-order valence-electron chi connectivity index (χ3n) is 7.10. The number of aromatic nitrogens is 4. The van der Waals surface area contributed by atoms with Crippen molar-refractivity contribution in [3.8, 4) is 33.5 Å². The Hall–Kier alpha value is -3.73. The Balaban J connectivity index is 1.35. The number of benzene rings is 3. The zero-order valence-electron chi connectivity index (χ0n) is 20.5. The Morgan fingerprint density at radius 3 is 2.20 bits per heavy atom. The fraction of sp³-hybridized carbons (Fsp3) is 0.267. The minimum Gasteiger partial charge on any atom is -0.342 e. The molecule has 0 fully saturated rings. The molecule has 0 radical (unpaired) electrons. The fourth-order valence-corrected chi connectivity index (χ4v) is 5.11. The number of hydrogen-bond acceptors (Lipinski definition) is 2. The second-order valence-electron chi connectivity index (χ2n) is 10.2. The summed E-state index contributed by atoms with van der Waals surface area (Å²) >= 11 is 0. The topological polar surface area (TPSA) is 57.4 Å². The number of rotatable bonds is 4. The lowest BCUT2D eigenvalue weighted by molar-refractivity contribution is 0.631. The molecule has 35 heavy (non-hydrogen) atoms. The number of halogens is 1. The number of aryl methyl sites for hydroxylation is 2. The first-order chi connectivity index (χ1) is 16.9. The SMILES string of the molecule is CC(C)c1ncc(-c2ccc(-c3ccc4c(c3)CCc3c-4ccc4[nH]c(C(C)C)nc34)cc2F)[nH]1. The second-order valence-corrected chi connectivity index (χ2v) is 10.2. The van der Waals surface area contributed by atoms with E-state index in [-0.39, 0.29) is 11.7 Å². The van der Waals surface area contributed by atoms with Gasteiger partial charge >= 0.3 is 0 Å². The normalized spacial score (nSPS) is 13.0. The Morgan fingerprint density at radius 2 is 1.49 bits per heavy atom. The average molecular weight is 465 g/mol. The van der Waals surface area contributed by atoms with Gasteiger partial charge in [0.2, 0.25) is 0 Å². The molecule has 4 nitrogen and oxygen atoms in total. The van der Waals surface area contributed by atoms with E-state index in [9.17, 15) is 0 Å². The van der Waals surface area contributed by atoms with Crippen molar-refractivity contribution in [2.24, 2.45) is 0 Å². The van der Waals surface area contributed by atoms with Crippen LogP contribution in [0.5, 0.6) is 0 Å². The molecule has 2 aromatic heterocycles. The quantitative estimate of drug-likeness (QED) is 0.285. The maximum absolute atomic E-state index is 15.1. The first kappa shape index (κ1) is 21.8. The molecule has 0 saturated heterocycles. The van der Waals surface area contributed by atoms with E-state index in [1.54, 1.807) is 12.3 Å². The van der Waals surface area contributed by atoms with Crippen LogP contribution in [0.3, 0.4) is 0 Å². The molecule has 0 bridgehead atoms. The zero-order chi connectivity index (χ0) is 24.3. The molecule has 5 aromatic rings. The van der Waals surface area contributed by atoms with Gasteiger partial charge in [0.05, 0.1) is 22.9 Å². The molecule has 0 unspecified atom stereocenters. The molecule has 2 heterocycles. The predicted octanol–water partition coefficient (Wildman–Crippen LogP) is 7.77. The van der Waals surface area contributed by atoms with Gasteiger partial charge in [-0.2, -0.15) is 0 Å². The van der Waals surface area contributed by atoms with Crippen molar-refractivity contribution in [3.63, 3.8) is 0 Å². The van der Waals surface area contributed by atoms with Gasteiger partial charge in [0.1, 0.15) is 17.5 Å². The lowest BCUT2D eigenvalue weighted by Crippen LogP contribution is -2.05. The van der Waals surface area contributed by atoms with Crippen molar-refractivity contribution in [1.82, 2.24) is 19.9 Å². The highest BCUT2D eigenvalue weighted by Crippen LogP contribution is 2.39. The Kier molecular flexibility index (Phi) is 5.10. The summed E-state index contributed by atoms with van der Waals surface area (Å²) < 4.78 is 15.1. The molecule has 1 aliphatic rings. The van der Waals surface area contributed by atoms with Crippen LogP contribution in [0.4, 0.5) is 4.39 Å². The van der Waals surface area contributed by atoms with Crippen molar-refractivity contribution in [2.45, 2.75) is 52.4 Å². The van der Waals surface area contributed by atoms with Crippen LogP contribution in [0.1, 0.15) is 62.3 Å². The molecule has 0 saturated carbocycles. The lowest BCUT2D eigenvalue weighted by atomic mass is 9.83. The minimum absolute atomic E-state index is 0.244. The molecule has 176 valence electrons. The van der Waals surface area contributed by atoms with E-state index in [0.29, 0.717) is 17.2 Å². The van der Waals surface area contributed by atoms with Gasteiger partial charge in [0.25, 0.3) is 0 Å². The summed E-state index contributed by atoms with van der Waals surface area (Å²) in [5.41, 5.74) is 10.5. The predicted molar refractivity (Wildman–Crippen MR) is 140 cm³/mol. The second kappa shape index (κ2) is 8.19. The molecular weight excluding hydrogens is 435 g/mol. The standard InChI is InChI=1S/C30H29FN4/c1-16(2)29-32-15-27(34-29)24-10-6-19(14-25(24)31)18-5-8-21-20(13-18)7-9-23-22(21)11-12-26-28(23)35-30(33-26)17(3)4/h5-6,8,10-17H,7,9H2,1-4H3,(H,32,34)(H,33,35).